The highest BCUT2D eigenvalue weighted by molar-refractivity contribution is 4.53. The standard InChI is InChI=1S/C6H15N3O2/c1-4-5-9(6(2)3)7-8-11-10/h6,10H,4-5H2,1-3H3/b8-7+. The van der Waals surface area contributed by atoms with Gasteiger partial charge in [0.1, 0.15) is 0 Å². The molecule has 0 unspecified atom stereocenters. The van der Waals surface area contributed by atoms with Crippen LogP contribution in [0.4, 0.5) is 0 Å². The van der Waals surface area contributed by atoms with E-state index in [0.29, 0.717) is 0 Å². The van der Waals surface area contributed by atoms with E-state index in [1.165, 1.54) is 0 Å². The lowest BCUT2D eigenvalue weighted by atomic mass is 10.3. The predicted octanol–water partition coefficient (Wildman–Crippen LogP) is 1.88. The predicted molar refractivity (Wildman–Crippen MR) is 40.7 cm³/mol. The molecule has 0 aliphatic carbocycles. The topological polar surface area (TPSA) is 57.4 Å². The molecule has 0 amide bonds. The molecule has 0 aliphatic heterocycles. The lowest BCUT2D eigenvalue weighted by Gasteiger charge is -2.19. The molecule has 0 aromatic rings. The average Bonchev–Trinajstić information content (AvgIpc) is 1.97. The van der Waals surface area contributed by atoms with Gasteiger partial charge in [0.25, 0.3) is 0 Å². The van der Waals surface area contributed by atoms with Gasteiger partial charge in [0.2, 0.25) is 0 Å². The van der Waals surface area contributed by atoms with Gasteiger partial charge in [0.15, 0.2) is 0 Å². The van der Waals surface area contributed by atoms with E-state index in [1.807, 2.05) is 20.8 Å². The van der Waals surface area contributed by atoms with Crippen molar-refractivity contribution in [2.24, 2.45) is 10.5 Å². The van der Waals surface area contributed by atoms with Crippen LogP contribution in [0.5, 0.6) is 0 Å². The van der Waals surface area contributed by atoms with Crippen LogP contribution in [0.15, 0.2) is 10.5 Å². The summed E-state index contributed by atoms with van der Waals surface area (Å²) in [5, 5.41) is 16.2. The maximum atomic E-state index is 7.88. The van der Waals surface area contributed by atoms with Gasteiger partial charge in [-0.15, -0.1) is 0 Å². The normalized spacial score (nSPS) is 11.0. The molecule has 0 saturated carbocycles. The first-order chi connectivity index (χ1) is 5.22. The van der Waals surface area contributed by atoms with Crippen LogP contribution in [0.1, 0.15) is 27.2 Å². The van der Waals surface area contributed by atoms with Gasteiger partial charge >= 0.3 is 0 Å². The lowest BCUT2D eigenvalue weighted by Crippen LogP contribution is -2.25. The smallest absolute Gasteiger partial charge is 0.0837 e. The molecule has 5 nitrogen and oxygen atoms in total. The minimum Gasteiger partial charge on any atom is -0.273 e. The molecule has 0 bridgehead atoms. The van der Waals surface area contributed by atoms with Crippen molar-refractivity contribution in [3.8, 4) is 0 Å². The molecule has 0 heterocycles. The Hall–Kier alpha value is -0.840. The Balaban J connectivity index is 3.78. The minimum atomic E-state index is 0.272. The van der Waals surface area contributed by atoms with Crippen LogP contribution < -0.4 is 0 Å². The molecule has 0 spiro atoms. The molecule has 1 N–H and O–H groups in total. The zero-order valence-corrected chi connectivity index (χ0v) is 7.19. The number of nitrogens with zero attached hydrogens (tertiary/aromatic N) is 3. The van der Waals surface area contributed by atoms with E-state index < -0.39 is 0 Å². The molecule has 0 radical (unpaired) electrons. The first-order valence-electron chi connectivity index (χ1n) is 3.70. The molecular formula is C6H15N3O2. The fourth-order valence-electron chi connectivity index (χ4n) is 0.699. The number of rotatable bonds is 5. The average molecular weight is 161 g/mol. The van der Waals surface area contributed by atoms with Crippen molar-refractivity contribution in [3.05, 3.63) is 0 Å². The Kier molecular flexibility index (Phi) is 5.46. The van der Waals surface area contributed by atoms with Crippen LogP contribution in [0.3, 0.4) is 0 Å². The molecule has 5 heteroatoms. The summed E-state index contributed by atoms with van der Waals surface area (Å²) in [4.78, 5) is 3.49. The Morgan fingerprint density at radius 3 is 2.55 bits per heavy atom. The van der Waals surface area contributed by atoms with Gasteiger partial charge in [-0.3, -0.25) is 5.01 Å². The zero-order chi connectivity index (χ0) is 8.69. The quantitative estimate of drug-likeness (QED) is 0.380. The van der Waals surface area contributed by atoms with Gasteiger partial charge in [0.05, 0.1) is 5.28 Å². The van der Waals surface area contributed by atoms with Gasteiger partial charge in [-0.1, -0.05) is 6.92 Å². The maximum absolute atomic E-state index is 7.88. The van der Waals surface area contributed by atoms with E-state index in [2.05, 4.69) is 15.5 Å². The summed E-state index contributed by atoms with van der Waals surface area (Å²) in [7, 11) is 0. The number of hydrogen-bond acceptors (Lipinski definition) is 4. The van der Waals surface area contributed by atoms with E-state index >= 15 is 0 Å². The van der Waals surface area contributed by atoms with Crippen molar-refractivity contribution in [2.75, 3.05) is 6.54 Å². The fraction of sp³-hybridized carbons (Fsp3) is 1.00. The molecule has 0 aromatic heterocycles. The van der Waals surface area contributed by atoms with Crippen LogP contribution in [0, 0.1) is 0 Å². The van der Waals surface area contributed by atoms with Gasteiger partial charge in [0, 0.05) is 12.6 Å². The van der Waals surface area contributed by atoms with Crippen molar-refractivity contribution in [1.82, 2.24) is 5.01 Å². The molecule has 0 fully saturated rings. The molecule has 0 atom stereocenters. The highest BCUT2D eigenvalue weighted by Gasteiger charge is 2.03. The Bertz CT molecular complexity index is 116. The van der Waals surface area contributed by atoms with Gasteiger partial charge < -0.3 is 0 Å². The molecular weight excluding hydrogens is 146 g/mol. The second kappa shape index (κ2) is 5.91. The van der Waals surface area contributed by atoms with E-state index in [0.717, 1.165) is 13.0 Å². The second-order valence-corrected chi connectivity index (χ2v) is 2.51. The summed E-state index contributed by atoms with van der Waals surface area (Å²) in [6, 6.07) is 0.272. The monoisotopic (exact) mass is 161 g/mol. The lowest BCUT2D eigenvalue weighted by molar-refractivity contribution is -0.255. The molecule has 66 valence electrons. The van der Waals surface area contributed by atoms with Crippen LogP contribution in [-0.2, 0) is 4.99 Å². The highest BCUT2D eigenvalue weighted by atomic mass is 17.2. The van der Waals surface area contributed by atoms with E-state index in [-0.39, 0.29) is 6.04 Å². The molecule has 0 rings (SSSR count). The molecule has 0 aromatic carbocycles. The third kappa shape index (κ3) is 4.55. The highest BCUT2D eigenvalue weighted by Crippen LogP contribution is 2.00. The first-order valence-corrected chi connectivity index (χ1v) is 3.70. The summed E-state index contributed by atoms with van der Waals surface area (Å²) in [5.74, 6) is 0. The fourth-order valence-corrected chi connectivity index (χ4v) is 0.699. The Labute approximate surface area is 66.5 Å². The third-order valence-electron chi connectivity index (χ3n) is 1.24. The third-order valence-corrected chi connectivity index (χ3v) is 1.24. The van der Waals surface area contributed by atoms with E-state index in [4.69, 9.17) is 5.26 Å². The van der Waals surface area contributed by atoms with Crippen molar-refractivity contribution >= 4 is 0 Å². The second-order valence-electron chi connectivity index (χ2n) is 2.51. The molecule has 11 heavy (non-hydrogen) atoms. The first kappa shape index (κ1) is 10.2. The number of hydrogen-bond donors (Lipinski definition) is 1. The molecule has 0 aliphatic rings. The van der Waals surface area contributed by atoms with Crippen LogP contribution in [0.25, 0.3) is 0 Å². The van der Waals surface area contributed by atoms with Crippen LogP contribution in [0.2, 0.25) is 0 Å². The van der Waals surface area contributed by atoms with Crippen molar-refractivity contribution in [3.63, 3.8) is 0 Å². The Morgan fingerprint density at radius 2 is 2.18 bits per heavy atom. The van der Waals surface area contributed by atoms with Gasteiger partial charge in [-0.25, -0.2) is 4.99 Å². The van der Waals surface area contributed by atoms with Gasteiger partial charge in [-0.05, 0) is 25.5 Å². The largest absolute Gasteiger partial charge is 0.273 e. The van der Waals surface area contributed by atoms with E-state index in [1.54, 1.807) is 5.01 Å². The summed E-state index contributed by atoms with van der Waals surface area (Å²) in [6.07, 6.45) is 0.989. The van der Waals surface area contributed by atoms with Crippen LogP contribution >= 0.6 is 0 Å². The zero-order valence-electron chi connectivity index (χ0n) is 7.19. The Morgan fingerprint density at radius 1 is 1.55 bits per heavy atom. The summed E-state index contributed by atoms with van der Waals surface area (Å²) in [6.45, 7) is 6.84. The van der Waals surface area contributed by atoms with Gasteiger partial charge in [-0.2, -0.15) is 5.26 Å². The van der Waals surface area contributed by atoms with E-state index in [9.17, 15) is 0 Å². The van der Waals surface area contributed by atoms with Crippen molar-refractivity contribution in [1.29, 1.82) is 0 Å². The van der Waals surface area contributed by atoms with Crippen molar-refractivity contribution in [2.45, 2.75) is 33.2 Å². The summed E-state index contributed by atoms with van der Waals surface area (Å²) < 4.78 is 0. The summed E-state index contributed by atoms with van der Waals surface area (Å²) >= 11 is 0. The SMILES string of the molecule is CCCN(/N=N/OO)C(C)C. The minimum absolute atomic E-state index is 0.272. The maximum Gasteiger partial charge on any atom is 0.0837 e. The van der Waals surface area contributed by atoms with Crippen LogP contribution in [-0.4, -0.2) is 22.9 Å². The molecule has 0 saturated heterocycles. The van der Waals surface area contributed by atoms with Crippen molar-refractivity contribution < 1.29 is 10.2 Å². The summed E-state index contributed by atoms with van der Waals surface area (Å²) in [5.41, 5.74) is 0.